The highest BCUT2D eigenvalue weighted by molar-refractivity contribution is 6.04. The molecule has 0 rings (SSSR count). The number of hydrogen-bond donors (Lipinski definition) is 0. The van der Waals surface area contributed by atoms with E-state index in [1.165, 1.54) is 20.8 Å². The fourth-order valence-electron chi connectivity index (χ4n) is 1.16. The first kappa shape index (κ1) is 14.9. The predicted molar refractivity (Wildman–Crippen MR) is 56.6 cm³/mol. The maximum atomic E-state index is 14.5. The molecular formula is C11H19FO4. The van der Waals surface area contributed by atoms with Gasteiger partial charge in [-0.25, -0.2) is 14.0 Å². The third-order valence-corrected chi connectivity index (χ3v) is 2.15. The SMILES string of the molecule is CCOC(=O)C(F)(C(=O)OCC)C(C)(C)C. The Morgan fingerprint density at radius 3 is 1.50 bits per heavy atom. The van der Waals surface area contributed by atoms with E-state index in [2.05, 4.69) is 9.47 Å². The standard InChI is InChI=1S/C11H19FO4/c1-6-15-8(13)11(12,10(3,4)5)9(14)16-7-2/h6-7H2,1-5H3. The first-order chi connectivity index (χ1) is 7.21. The van der Waals surface area contributed by atoms with Gasteiger partial charge < -0.3 is 9.47 Å². The van der Waals surface area contributed by atoms with Gasteiger partial charge in [-0.2, -0.15) is 0 Å². The minimum atomic E-state index is -2.76. The summed E-state index contributed by atoms with van der Waals surface area (Å²) in [5.41, 5.74) is -3.98. The fourth-order valence-corrected chi connectivity index (χ4v) is 1.16. The Morgan fingerprint density at radius 2 is 1.31 bits per heavy atom. The Bertz CT molecular complexity index is 250. The Balaban J connectivity index is 5.20. The van der Waals surface area contributed by atoms with Crippen molar-refractivity contribution in [3.63, 3.8) is 0 Å². The van der Waals surface area contributed by atoms with E-state index in [0.717, 1.165) is 0 Å². The minimum absolute atomic E-state index is 0.0139. The second kappa shape index (κ2) is 5.27. The van der Waals surface area contributed by atoms with Crippen LogP contribution in [0.1, 0.15) is 34.6 Å². The summed E-state index contributed by atoms with van der Waals surface area (Å²) >= 11 is 0. The first-order valence-electron chi connectivity index (χ1n) is 5.25. The van der Waals surface area contributed by atoms with E-state index in [1.807, 2.05) is 0 Å². The molecule has 0 aromatic heterocycles. The maximum absolute atomic E-state index is 14.5. The molecule has 4 nitrogen and oxygen atoms in total. The molecule has 0 fully saturated rings. The van der Waals surface area contributed by atoms with Crippen LogP contribution in [0.15, 0.2) is 0 Å². The van der Waals surface area contributed by atoms with Crippen LogP contribution < -0.4 is 0 Å². The zero-order chi connectivity index (χ0) is 13.0. The third-order valence-electron chi connectivity index (χ3n) is 2.15. The smallest absolute Gasteiger partial charge is 0.356 e. The lowest BCUT2D eigenvalue weighted by molar-refractivity contribution is -0.184. The highest BCUT2D eigenvalue weighted by Gasteiger charge is 2.58. The zero-order valence-corrected chi connectivity index (χ0v) is 10.4. The summed E-state index contributed by atoms with van der Waals surface area (Å²) in [6.45, 7) is 7.46. The summed E-state index contributed by atoms with van der Waals surface area (Å²) in [6.07, 6.45) is 0. The van der Waals surface area contributed by atoms with Crippen molar-refractivity contribution in [3.8, 4) is 0 Å². The van der Waals surface area contributed by atoms with Crippen LogP contribution in [-0.2, 0) is 19.1 Å². The van der Waals surface area contributed by atoms with E-state index >= 15 is 0 Å². The van der Waals surface area contributed by atoms with Gasteiger partial charge in [0.1, 0.15) is 0 Å². The Labute approximate surface area is 95.1 Å². The molecule has 0 amide bonds. The van der Waals surface area contributed by atoms with Crippen molar-refractivity contribution in [1.29, 1.82) is 0 Å². The molecule has 0 aromatic carbocycles. The molecule has 94 valence electrons. The van der Waals surface area contributed by atoms with Crippen molar-refractivity contribution in [2.24, 2.45) is 5.41 Å². The van der Waals surface area contributed by atoms with Gasteiger partial charge in [-0.3, -0.25) is 0 Å². The largest absolute Gasteiger partial charge is 0.463 e. The molecule has 0 heterocycles. The van der Waals surface area contributed by atoms with Gasteiger partial charge in [0.15, 0.2) is 0 Å². The molecule has 0 unspecified atom stereocenters. The molecule has 0 aliphatic carbocycles. The number of halogens is 1. The van der Waals surface area contributed by atoms with Crippen LogP contribution in [0.5, 0.6) is 0 Å². The molecule has 0 radical (unpaired) electrons. The average Bonchev–Trinajstić information content (AvgIpc) is 2.15. The first-order valence-corrected chi connectivity index (χ1v) is 5.25. The van der Waals surface area contributed by atoms with Crippen LogP contribution in [0.4, 0.5) is 4.39 Å². The maximum Gasteiger partial charge on any atom is 0.356 e. The van der Waals surface area contributed by atoms with Crippen LogP contribution >= 0.6 is 0 Å². The van der Waals surface area contributed by atoms with Crippen LogP contribution in [0.2, 0.25) is 0 Å². The summed E-state index contributed by atoms with van der Waals surface area (Å²) in [6, 6.07) is 0. The second-order valence-corrected chi connectivity index (χ2v) is 4.35. The molecule has 0 aliphatic heterocycles. The van der Waals surface area contributed by atoms with Gasteiger partial charge >= 0.3 is 17.6 Å². The molecule has 0 aliphatic rings. The minimum Gasteiger partial charge on any atom is -0.463 e. The lowest BCUT2D eigenvalue weighted by Gasteiger charge is -2.32. The van der Waals surface area contributed by atoms with Gasteiger partial charge in [-0.05, 0) is 13.8 Å². The third kappa shape index (κ3) is 2.71. The van der Waals surface area contributed by atoms with Crippen LogP contribution in [0.3, 0.4) is 0 Å². The molecule has 0 N–H and O–H groups in total. The number of carbonyl (C=O) groups is 2. The Kier molecular flexibility index (Phi) is 4.90. The number of carbonyl (C=O) groups excluding carboxylic acids is 2. The number of ether oxygens (including phenoxy) is 2. The van der Waals surface area contributed by atoms with Crippen LogP contribution in [0, 0.1) is 5.41 Å². The number of esters is 2. The van der Waals surface area contributed by atoms with Crippen molar-refractivity contribution in [1.82, 2.24) is 0 Å². The van der Waals surface area contributed by atoms with E-state index in [-0.39, 0.29) is 13.2 Å². The molecule has 0 saturated heterocycles. The molecule has 0 aromatic rings. The quantitative estimate of drug-likeness (QED) is 0.550. The van der Waals surface area contributed by atoms with Gasteiger partial charge in [0.2, 0.25) is 0 Å². The highest BCUT2D eigenvalue weighted by atomic mass is 19.1. The summed E-state index contributed by atoms with van der Waals surface area (Å²) in [5, 5.41) is 0. The van der Waals surface area contributed by atoms with E-state index in [4.69, 9.17) is 0 Å². The van der Waals surface area contributed by atoms with Gasteiger partial charge in [0, 0.05) is 5.41 Å². The molecular weight excluding hydrogens is 215 g/mol. The zero-order valence-electron chi connectivity index (χ0n) is 10.4. The van der Waals surface area contributed by atoms with E-state index in [0.29, 0.717) is 0 Å². The Hall–Kier alpha value is -1.13. The van der Waals surface area contributed by atoms with E-state index in [1.54, 1.807) is 13.8 Å². The number of alkyl halides is 1. The van der Waals surface area contributed by atoms with Crippen molar-refractivity contribution >= 4 is 11.9 Å². The lowest BCUT2D eigenvalue weighted by Crippen LogP contribution is -2.54. The van der Waals surface area contributed by atoms with Crippen molar-refractivity contribution in [3.05, 3.63) is 0 Å². The van der Waals surface area contributed by atoms with E-state index < -0.39 is 23.0 Å². The van der Waals surface area contributed by atoms with Gasteiger partial charge in [-0.15, -0.1) is 0 Å². The fraction of sp³-hybridized carbons (Fsp3) is 0.818. The van der Waals surface area contributed by atoms with Crippen LogP contribution in [0.25, 0.3) is 0 Å². The lowest BCUT2D eigenvalue weighted by atomic mass is 9.78. The molecule has 0 atom stereocenters. The predicted octanol–water partition coefficient (Wildman–Crippen LogP) is 1.87. The number of rotatable bonds is 4. The molecule has 0 bridgehead atoms. The topological polar surface area (TPSA) is 52.6 Å². The molecule has 0 saturated carbocycles. The highest BCUT2D eigenvalue weighted by Crippen LogP contribution is 2.36. The van der Waals surface area contributed by atoms with Gasteiger partial charge in [-0.1, -0.05) is 20.8 Å². The molecule has 16 heavy (non-hydrogen) atoms. The summed E-state index contributed by atoms with van der Waals surface area (Å²) < 4.78 is 23.7. The average molecular weight is 234 g/mol. The van der Waals surface area contributed by atoms with E-state index in [9.17, 15) is 14.0 Å². The normalized spacial score (nSPS) is 12.1. The van der Waals surface area contributed by atoms with Crippen molar-refractivity contribution in [2.45, 2.75) is 40.3 Å². The summed E-state index contributed by atoms with van der Waals surface area (Å²) in [7, 11) is 0. The second-order valence-electron chi connectivity index (χ2n) is 4.35. The summed E-state index contributed by atoms with van der Waals surface area (Å²) in [5.74, 6) is -2.39. The number of hydrogen-bond acceptors (Lipinski definition) is 4. The monoisotopic (exact) mass is 234 g/mol. The van der Waals surface area contributed by atoms with Crippen molar-refractivity contribution in [2.75, 3.05) is 13.2 Å². The van der Waals surface area contributed by atoms with Gasteiger partial charge in [0.05, 0.1) is 13.2 Å². The van der Waals surface area contributed by atoms with Crippen LogP contribution in [-0.4, -0.2) is 30.8 Å². The van der Waals surface area contributed by atoms with Crippen molar-refractivity contribution < 1.29 is 23.5 Å². The Morgan fingerprint density at radius 1 is 1.00 bits per heavy atom. The summed E-state index contributed by atoms with van der Waals surface area (Å²) in [4.78, 5) is 23.1. The molecule has 5 heteroatoms. The molecule has 0 spiro atoms. The van der Waals surface area contributed by atoms with Gasteiger partial charge in [0.25, 0.3) is 0 Å².